The highest BCUT2D eigenvalue weighted by molar-refractivity contribution is 5.85. The molecule has 0 aromatic heterocycles. The second kappa shape index (κ2) is 6.87. The Bertz CT molecular complexity index is 162. The molecule has 0 saturated heterocycles. The van der Waals surface area contributed by atoms with Crippen LogP contribution in [0.3, 0.4) is 0 Å². The Morgan fingerprint density at radius 2 is 1.83 bits per heavy atom. The first kappa shape index (κ1) is 13.8. The minimum atomic E-state index is -1.09. The van der Waals surface area contributed by atoms with Gasteiger partial charge in [-0.25, -0.2) is 0 Å². The first-order valence-electron chi connectivity index (χ1n) is 3.24. The van der Waals surface area contributed by atoms with E-state index >= 15 is 0 Å². The van der Waals surface area contributed by atoms with Gasteiger partial charge in [0.25, 0.3) is 0 Å². The quantitative estimate of drug-likeness (QED) is 0.579. The molecule has 0 amide bonds. The predicted molar refractivity (Wildman–Crippen MR) is 44.3 cm³/mol. The van der Waals surface area contributed by atoms with Gasteiger partial charge in [0.15, 0.2) is 0 Å². The third-order valence-electron chi connectivity index (χ3n) is 1.22. The average Bonchev–Trinajstić information content (AvgIpc) is 1.86. The molecule has 12 heavy (non-hydrogen) atoms. The Hall–Kier alpha value is -0.810. The molecule has 0 fully saturated rings. The molecule has 0 aliphatic carbocycles. The maximum atomic E-state index is 10.1. The summed E-state index contributed by atoms with van der Waals surface area (Å²) in [6.07, 6.45) is 0.491. The Balaban J connectivity index is 0. The van der Waals surface area contributed by atoms with E-state index in [4.69, 9.17) is 15.9 Å². The van der Waals surface area contributed by atoms with Gasteiger partial charge in [0, 0.05) is 6.42 Å². The van der Waals surface area contributed by atoms with Gasteiger partial charge in [-0.15, -0.1) is 12.4 Å². The molecule has 0 rings (SSSR count). The minimum Gasteiger partial charge on any atom is -0.481 e. The summed E-state index contributed by atoms with van der Waals surface area (Å²) in [4.78, 5) is 20.1. The van der Waals surface area contributed by atoms with Crippen LogP contribution in [0.4, 0.5) is 0 Å². The monoisotopic (exact) mass is 197 g/mol. The summed E-state index contributed by atoms with van der Waals surface area (Å²) >= 11 is 0. The zero-order valence-corrected chi connectivity index (χ0v) is 7.21. The van der Waals surface area contributed by atoms with E-state index in [0.717, 1.165) is 0 Å². The van der Waals surface area contributed by atoms with Crippen molar-refractivity contribution in [3.05, 3.63) is 0 Å². The lowest BCUT2D eigenvalue weighted by Gasteiger charge is -2.02. The van der Waals surface area contributed by atoms with Crippen molar-refractivity contribution in [2.24, 2.45) is 5.73 Å². The Morgan fingerprint density at radius 1 is 1.33 bits per heavy atom. The largest absolute Gasteiger partial charge is 0.481 e. The van der Waals surface area contributed by atoms with Crippen molar-refractivity contribution in [2.45, 2.75) is 25.3 Å². The van der Waals surface area contributed by atoms with Gasteiger partial charge in [-0.2, -0.15) is 0 Å². The highest BCUT2D eigenvalue weighted by Crippen LogP contribution is 1.98. The van der Waals surface area contributed by atoms with Gasteiger partial charge in [-0.3, -0.25) is 9.59 Å². The smallest absolute Gasteiger partial charge is 0.320 e. The number of hydrogen-bond acceptors (Lipinski definition) is 3. The maximum absolute atomic E-state index is 10.1. The van der Waals surface area contributed by atoms with Crippen LogP contribution in [0, 0.1) is 0 Å². The fourth-order valence-electron chi connectivity index (χ4n) is 0.597. The summed E-state index contributed by atoms with van der Waals surface area (Å²) in [5, 5.41) is 16.5. The number of carbonyl (C=O) groups is 2. The number of hydrogen-bond donors (Lipinski definition) is 3. The van der Waals surface area contributed by atoms with Crippen LogP contribution >= 0.6 is 12.4 Å². The molecule has 6 heteroatoms. The van der Waals surface area contributed by atoms with Crippen LogP contribution in [0.25, 0.3) is 0 Å². The Labute approximate surface area is 76.0 Å². The molecule has 1 atom stereocenters. The van der Waals surface area contributed by atoms with Gasteiger partial charge < -0.3 is 15.9 Å². The molecule has 0 unspecified atom stereocenters. The lowest BCUT2D eigenvalue weighted by Crippen LogP contribution is -2.29. The average molecular weight is 198 g/mol. The molecule has 0 heterocycles. The third-order valence-corrected chi connectivity index (χ3v) is 1.22. The first-order chi connectivity index (χ1) is 5.04. The molecule has 0 aromatic carbocycles. The van der Waals surface area contributed by atoms with Crippen LogP contribution < -0.4 is 5.73 Å². The summed E-state index contributed by atoms with van der Waals surface area (Å²) in [6.45, 7) is 0. The topological polar surface area (TPSA) is 101 Å². The Kier molecular flexibility index (Phi) is 7.88. The Morgan fingerprint density at radius 3 is 2.17 bits per heavy atom. The van der Waals surface area contributed by atoms with Gasteiger partial charge >= 0.3 is 11.9 Å². The van der Waals surface area contributed by atoms with Crippen molar-refractivity contribution < 1.29 is 19.8 Å². The van der Waals surface area contributed by atoms with Gasteiger partial charge in [-0.05, 0) is 12.8 Å². The van der Waals surface area contributed by atoms with E-state index in [2.05, 4.69) is 0 Å². The van der Waals surface area contributed by atoms with E-state index in [9.17, 15) is 9.59 Å². The van der Waals surface area contributed by atoms with E-state index in [0.29, 0.717) is 6.42 Å². The van der Waals surface area contributed by atoms with Crippen LogP contribution in [-0.2, 0) is 9.59 Å². The number of aliphatic carboxylic acids is 2. The molecule has 5 nitrogen and oxygen atoms in total. The number of carboxylic acid groups (broad SMARTS) is 2. The van der Waals surface area contributed by atoms with E-state index in [1.807, 2.05) is 0 Å². The van der Waals surface area contributed by atoms with Crippen molar-refractivity contribution in [1.29, 1.82) is 0 Å². The van der Waals surface area contributed by atoms with E-state index in [1.165, 1.54) is 0 Å². The number of carboxylic acids is 2. The predicted octanol–water partition coefficient (Wildman–Crippen LogP) is 0.0750. The second-order valence-electron chi connectivity index (χ2n) is 2.23. The normalized spacial score (nSPS) is 11.4. The first-order valence-corrected chi connectivity index (χ1v) is 3.24. The van der Waals surface area contributed by atoms with Crippen molar-refractivity contribution in [3.8, 4) is 0 Å². The highest BCUT2D eigenvalue weighted by Gasteiger charge is 2.10. The van der Waals surface area contributed by atoms with Crippen molar-refractivity contribution in [3.63, 3.8) is 0 Å². The molecule has 0 spiro atoms. The fourth-order valence-corrected chi connectivity index (χ4v) is 0.597. The van der Waals surface area contributed by atoms with Gasteiger partial charge in [0.05, 0.1) is 0 Å². The molecule has 0 bridgehead atoms. The van der Waals surface area contributed by atoms with Gasteiger partial charge in [0.1, 0.15) is 6.04 Å². The molecule has 0 radical (unpaired) electrons. The van der Waals surface area contributed by atoms with Crippen molar-refractivity contribution >= 4 is 24.3 Å². The lowest BCUT2D eigenvalue weighted by atomic mass is 10.1. The zero-order valence-electron chi connectivity index (χ0n) is 6.40. The SMILES string of the molecule is Cl.N[C@@H](CCCC(=O)O)C(=O)O. The van der Waals surface area contributed by atoms with E-state index < -0.39 is 18.0 Å². The summed E-state index contributed by atoms with van der Waals surface area (Å²) < 4.78 is 0. The number of nitrogens with two attached hydrogens (primary N) is 1. The number of rotatable bonds is 5. The standard InChI is InChI=1S/C6H11NO4.ClH/c7-4(6(10)11)2-1-3-5(8)9;/h4H,1-3,7H2,(H,8,9)(H,10,11);1H/t4-;/m0./s1. The molecule has 0 aromatic rings. The highest BCUT2D eigenvalue weighted by atomic mass is 35.5. The number of halogens is 1. The summed E-state index contributed by atoms with van der Waals surface area (Å²) in [5.74, 6) is -2.02. The second-order valence-corrected chi connectivity index (χ2v) is 2.23. The fraction of sp³-hybridized carbons (Fsp3) is 0.667. The zero-order chi connectivity index (χ0) is 8.85. The van der Waals surface area contributed by atoms with E-state index in [-0.39, 0.29) is 25.2 Å². The van der Waals surface area contributed by atoms with Crippen LogP contribution in [0.5, 0.6) is 0 Å². The van der Waals surface area contributed by atoms with Crippen molar-refractivity contribution in [1.82, 2.24) is 0 Å². The molecule has 4 N–H and O–H groups in total. The van der Waals surface area contributed by atoms with Crippen LogP contribution in [0.2, 0.25) is 0 Å². The van der Waals surface area contributed by atoms with Crippen LogP contribution in [-0.4, -0.2) is 28.2 Å². The summed E-state index contributed by atoms with van der Waals surface area (Å²) in [7, 11) is 0. The minimum absolute atomic E-state index is 0. The molecular weight excluding hydrogens is 186 g/mol. The van der Waals surface area contributed by atoms with E-state index in [1.54, 1.807) is 0 Å². The third kappa shape index (κ3) is 7.30. The van der Waals surface area contributed by atoms with Crippen LogP contribution in [0.15, 0.2) is 0 Å². The lowest BCUT2D eigenvalue weighted by molar-refractivity contribution is -0.140. The molecule has 0 aliphatic rings. The maximum Gasteiger partial charge on any atom is 0.320 e. The summed E-state index contributed by atoms with van der Waals surface area (Å²) in [6, 6.07) is -0.936. The van der Waals surface area contributed by atoms with Crippen LogP contribution in [0.1, 0.15) is 19.3 Å². The van der Waals surface area contributed by atoms with Gasteiger partial charge in [-0.1, -0.05) is 0 Å². The molecule has 0 saturated carbocycles. The van der Waals surface area contributed by atoms with Gasteiger partial charge in [0.2, 0.25) is 0 Å². The molecular formula is C6H12ClNO4. The summed E-state index contributed by atoms with van der Waals surface area (Å²) in [5.41, 5.74) is 5.11. The molecule has 0 aliphatic heterocycles. The molecule has 72 valence electrons. The van der Waals surface area contributed by atoms with Crippen molar-refractivity contribution in [2.75, 3.05) is 0 Å².